The summed E-state index contributed by atoms with van der Waals surface area (Å²) in [5.74, 6) is 1.99. The maximum atomic E-state index is 12.3. The zero-order valence-corrected chi connectivity index (χ0v) is 16.9. The summed E-state index contributed by atoms with van der Waals surface area (Å²) in [4.78, 5) is 27.7. The fourth-order valence-corrected chi connectivity index (χ4v) is 2.65. The van der Waals surface area contributed by atoms with Crippen molar-refractivity contribution >= 4 is 11.8 Å². The highest BCUT2D eigenvalue weighted by molar-refractivity contribution is 5.94. The molecule has 2 amide bonds. The van der Waals surface area contributed by atoms with Crippen LogP contribution in [0.25, 0.3) is 0 Å². The van der Waals surface area contributed by atoms with Gasteiger partial charge in [-0.3, -0.25) is 9.59 Å². The third-order valence-electron chi connectivity index (χ3n) is 4.34. The van der Waals surface area contributed by atoms with Gasteiger partial charge in [0.15, 0.2) is 5.82 Å². The number of hydrogen-bond donors (Lipinski definition) is 2. The number of aromatic nitrogens is 2. The lowest BCUT2D eigenvalue weighted by atomic mass is 10.2. The van der Waals surface area contributed by atoms with Crippen LogP contribution in [0.3, 0.4) is 0 Å². The van der Waals surface area contributed by atoms with Crippen molar-refractivity contribution in [2.24, 2.45) is 5.73 Å². The number of carbonyl (C=O) groups excluding carboxylic acids is 2. The SMILES string of the molecule is CC(C)c1noc(CCCNC(=O)c2ccc(Oc3ccc(C(N)=O)cc3)cc2)n1. The summed E-state index contributed by atoms with van der Waals surface area (Å²) in [6, 6.07) is 13.3. The van der Waals surface area contributed by atoms with Crippen molar-refractivity contribution in [1.82, 2.24) is 15.5 Å². The predicted octanol–water partition coefficient (Wildman–Crippen LogP) is 3.45. The molecule has 30 heavy (non-hydrogen) atoms. The first-order valence-corrected chi connectivity index (χ1v) is 9.71. The van der Waals surface area contributed by atoms with E-state index in [1.54, 1.807) is 48.5 Å². The third kappa shape index (κ3) is 5.66. The zero-order chi connectivity index (χ0) is 21.5. The molecule has 0 aliphatic rings. The molecule has 0 saturated heterocycles. The Hall–Kier alpha value is -3.68. The highest BCUT2D eigenvalue weighted by atomic mass is 16.5. The van der Waals surface area contributed by atoms with Gasteiger partial charge in [-0.05, 0) is 55.0 Å². The van der Waals surface area contributed by atoms with Gasteiger partial charge in [-0.15, -0.1) is 0 Å². The lowest BCUT2D eigenvalue weighted by molar-refractivity contribution is 0.0951. The summed E-state index contributed by atoms with van der Waals surface area (Å²) in [7, 11) is 0. The average molecular weight is 408 g/mol. The van der Waals surface area contributed by atoms with Crippen LogP contribution in [-0.4, -0.2) is 28.5 Å². The van der Waals surface area contributed by atoms with Gasteiger partial charge in [0.05, 0.1) is 0 Å². The van der Waals surface area contributed by atoms with Gasteiger partial charge in [0.1, 0.15) is 11.5 Å². The van der Waals surface area contributed by atoms with Crippen LogP contribution in [0.2, 0.25) is 0 Å². The molecule has 0 bridgehead atoms. The topological polar surface area (TPSA) is 120 Å². The Bertz CT molecular complexity index is 995. The molecule has 0 aliphatic carbocycles. The number of nitrogens with zero attached hydrogens (tertiary/aromatic N) is 2. The van der Waals surface area contributed by atoms with Crippen molar-refractivity contribution in [2.75, 3.05) is 6.54 Å². The first-order valence-electron chi connectivity index (χ1n) is 9.71. The van der Waals surface area contributed by atoms with E-state index in [4.69, 9.17) is 15.0 Å². The molecule has 0 saturated carbocycles. The number of hydrogen-bond acceptors (Lipinski definition) is 6. The molecule has 1 heterocycles. The molecule has 3 N–H and O–H groups in total. The Morgan fingerprint density at radius 3 is 2.17 bits per heavy atom. The molecule has 0 spiro atoms. The largest absolute Gasteiger partial charge is 0.457 e. The minimum absolute atomic E-state index is 0.166. The van der Waals surface area contributed by atoms with Gasteiger partial charge >= 0.3 is 0 Å². The Kier molecular flexibility index (Phi) is 6.79. The Labute approximate surface area is 174 Å². The number of benzene rings is 2. The van der Waals surface area contributed by atoms with Crippen molar-refractivity contribution in [1.29, 1.82) is 0 Å². The standard InChI is InChI=1S/C22H24N4O4/c1-14(2)21-25-19(30-26-21)4-3-13-24-22(28)16-7-11-18(12-8-16)29-17-9-5-15(6-10-17)20(23)27/h5-12,14H,3-4,13H2,1-2H3,(H2,23,27)(H,24,28). The second-order valence-electron chi connectivity index (χ2n) is 7.08. The molecular formula is C22H24N4O4. The van der Waals surface area contributed by atoms with Crippen LogP contribution in [0.4, 0.5) is 0 Å². The highest BCUT2D eigenvalue weighted by Gasteiger charge is 2.10. The second-order valence-corrected chi connectivity index (χ2v) is 7.08. The Balaban J connectivity index is 1.45. The molecule has 0 aliphatic heterocycles. The van der Waals surface area contributed by atoms with Gasteiger partial charge in [-0.2, -0.15) is 4.98 Å². The van der Waals surface area contributed by atoms with E-state index < -0.39 is 5.91 Å². The molecular weight excluding hydrogens is 384 g/mol. The van der Waals surface area contributed by atoms with E-state index in [-0.39, 0.29) is 11.8 Å². The minimum atomic E-state index is -0.491. The summed E-state index contributed by atoms with van der Waals surface area (Å²) >= 11 is 0. The molecule has 3 aromatic rings. The van der Waals surface area contributed by atoms with Crippen LogP contribution in [0.5, 0.6) is 11.5 Å². The van der Waals surface area contributed by atoms with E-state index in [0.29, 0.717) is 53.7 Å². The third-order valence-corrected chi connectivity index (χ3v) is 4.34. The van der Waals surface area contributed by atoms with E-state index in [1.165, 1.54) is 0 Å². The first kappa shape index (κ1) is 21.0. The summed E-state index contributed by atoms with van der Waals surface area (Å²) in [6.07, 6.45) is 1.31. The van der Waals surface area contributed by atoms with Crippen molar-refractivity contribution in [3.63, 3.8) is 0 Å². The van der Waals surface area contributed by atoms with Crippen LogP contribution >= 0.6 is 0 Å². The summed E-state index contributed by atoms with van der Waals surface area (Å²) < 4.78 is 10.9. The number of carbonyl (C=O) groups is 2. The Morgan fingerprint density at radius 2 is 1.63 bits per heavy atom. The number of ether oxygens (including phenoxy) is 1. The number of primary amides is 1. The maximum absolute atomic E-state index is 12.3. The molecule has 0 radical (unpaired) electrons. The lowest BCUT2D eigenvalue weighted by Gasteiger charge is -2.08. The van der Waals surface area contributed by atoms with Crippen molar-refractivity contribution in [3.8, 4) is 11.5 Å². The van der Waals surface area contributed by atoms with Gasteiger partial charge < -0.3 is 20.3 Å². The molecule has 2 aromatic carbocycles. The quantitative estimate of drug-likeness (QED) is 0.523. The van der Waals surface area contributed by atoms with E-state index in [0.717, 1.165) is 0 Å². The number of nitrogens with two attached hydrogens (primary N) is 1. The van der Waals surface area contributed by atoms with Gasteiger partial charge in [-0.25, -0.2) is 0 Å². The normalized spacial score (nSPS) is 10.8. The molecule has 1 aromatic heterocycles. The van der Waals surface area contributed by atoms with Crippen molar-refractivity contribution in [2.45, 2.75) is 32.6 Å². The molecule has 3 rings (SSSR count). The smallest absolute Gasteiger partial charge is 0.251 e. The zero-order valence-electron chi connectivity index (χ0n) is 16.9. The van der Waals surface area contributed by atoms with Crippen LogP contribution in [0, 0.1) is 0 Å². The molecule has 156 valence electrons. The summed E-state index contributed by atoms with van der Waals surface area (Å²) in [5, 5.41) is 6.79. The van der Waals surface area contributed by atoms with Gasteiger partial charge in [0, 0.05) is 30.0 Å². The molecule has 8 nitrogen and oxygen atoms in total. The monoisotopic (exact) mass is 408 g/mol. The second kappa shape index (κ2) is 9.69. The maximum Gasteiger partial charge on any atom is 0.251 e. The van der Waals surface area contributed by atoms with E-state index in [2.05, 4.69) is 15.5 Å². The van der Waals surface area contributed by atoms with Crippen LogP contribution in [0.1, 0.15) is 58.6 Å². The van der Waals surface area contributed by atoms with E-state index >= 15 is 0 Å². The van der Waals surface area contributed by atoms with Gasteiger partial charge in [0.2, 0.25) is 11.8 Å². The summed E-state index contributed by atoms with van der Waals surface area (Å²) in [5.41, 5.74) is 6.16. The van der Waals surface area contributed by atoms with Crippen LogP contribution in [-0.2, 0) is 6.42 Å². The van der Waals surface area contributed by atoms with E-state index in [1.807, 2.05) is 13.8 Å². The first-order chi connectivity index (χ1) is 14.4. The van der Waals surface area contributed by atoms with Crippen LogP contribution in [0.15, 0.2) is 53.1 Å². The van der Waals surface area contributed by atoms with E-state index in [9.17, 15) is 9.59 Å². The fourth-order valence-electron chi connectivity index (χ4n) is 2.65. The summed E-state index contributed by atoms with van der Waals surface area (Å²) in [6.45, 7) is 4.51. The predicted molar refractivity (Wildman–Crippen MR) is 111 cm³/mol. The number of aryl methyl sites for hydroxylation is 1. The minimum Gasteiger partial charge on any atom is -0.457 e. The molecule has 0 unspecified atom stereocenters. The molecule has 0 fully saturated rings. The average Bonchev–Trinajstić information content (AvgIpc) is 3.21. The van der Waals surface area contributed by atoms with Crippen LogP contribution < -0.4 is 15.8 Å². The lowest BCUT2D eigenvalue weighted by Crippen LogP contribution is -2.24. The Morgan fingerprint density at radius 1 is 1.03 bits per heavy atom. The van der Waals surface area contributed by atoms with Crippen molar-refractivity contribution in [3.05, 3.63) is 71.4 Å². The highest BCUT2D eigenvalue weighted by Crippen LogP contribution is 2.22. The van der Waals surface area contributed by atoms with Crippen molar-refractivity contribution < 1.29 is 18.8 Å². The number of amides is 2. The molecule has 8 heteroatoms. The van der Waals surface area contributed by atoms with Gasteiger partial charge in [-0.1, -0.05) is 19.0 Å². The number of nitrogens with one attached hydrogen (secondary N) is 1. The number of rotatable bonds is 9. The molecule has 0 atom stereocenters. The fraction of sp³-hybridized carbons (Fsp3) is 0.273. The van der Waals surface area contributed by atoms with Gasteiger partial charge in [0.25, 0.3) is 5.91 Å².